The maximum atomic E-state index is 13.0. The zero-order valence-corrected chi connectivity index (χ0v) is 17.6. The Hall–Kier alpha value is -3.92. The van der Waals surface area contributed by atoms with E-state index in [2.05, 4.69) is 20.4 Å². The Morgan fingerprint density at radius 3 is 2.72 bits per heavy atom. The van der Waals surface area contributed by atoms with Gasteiger partial charge >= 0.3 is 0 Å². The third-order valence-corrected chi connectivity index (χ3v) is 5.81. The van der Waals surface area contributed by atoms with Crippen LogP contribution in [0.25, 0.3) is 27.5 Å². The lowest BCUT2D eigenvalue weighted by Crippen LogP contribution is -2.17. The van der Waals surface area contributed by atoms with Crippen LogP contribution in [-0.2, 0) is 7.05 Å². The number of nitrogens with one attached hydrogen (secondary N) is 1. The first-order valence-corrected chi connectivity index (χ1v) is 10.5. The van der Waals surface area contributed by atoms with Crippen LogP contribution >= 0.6 is 11.3 Å². The second kappa shape index (κ2) is 7.97. The van der Waals surface area contributed by atoms with Crippen molar-refractivity contribution in [3.05, 3.63) is 77.8 Å². The number of hydrogen-bond donors (Lipinski definition) is 1. The minimum atomic E-state index is -2.67. The molecule has 0 saturated carbocycles. The molecule has 0 saturated heterocycles. The lowest BCUT2D eigenvalue weighted by Gasteiger charge is -2.07. The molecule has 1 N–H and O–H groups in total. The number of aryl methyl sites for hydroxylation is 1. The van der Waals surface area contributed by atoms with Crippen molar-refractivity contribution in [2.24, 2.45) is 7.05 Å². The number of anilines is 1. The molecule has 0 bridgehead atoms. The Balaban J connectivity index is 1.43. The second-order valence-corrected chi connectivity index (χ2v) is 7.89. The minimum Gasteiger partial charge on any atom is -0.320 e. The first-order valence-electron chi connectivity index (χ1n) is 9.61. The Kier molecular flexibility index (Phi) is 4.98. The number of halogens is 2. The van der Waals surface area contributed by atoms with E-state index in [1.807, 2.05) is 47.1 Å². The van der Waals surface area contributed by atoms with Gasteiger partial charge in [0.2, 0.25) is 0 Å². The molecule has 7 nitrogen and oxygen atoms in total. The van der Waals surface area contributed by atoms with E-state index < -0.39 is 12.3 Å². The predicted molar refractivity (Wildman–Crippen MR) is 118 cm³/mol. The molecule has 0 aliphatic heterocycles. The molecule has 0 aliphatic rings. The highest BCUT2D eigenvalue weighted by Crippen LogP contribution is 2.31. The Morgan fingerprint density at radius 2 is 1.97 bits per heavy atom. The number of rotatable bonds is 5. The molecule has 32 heavy (non-hydrogen) atoms. The average Bonchev–Trinajstić information content (AvgIpc) is 3.51. The zero-order valence-electron chi connectivity index (χ0n) is 16.7. The maximum absolute atomic E-state index is 13.0. The monoisotopic (exact) mass is 450 g/mol. The van der Waals surface area contributed by atoms with E-state index in [-0.39, 0.29) is 11.4 Å². The van der Waals surface area contributed by atoms with Gasteiger partial charge in [-0.2, -0.15) is 5.10 Å². The van der Waals surface area contributed by atoms with E-state index in [9.17, 15) is 13.6 Å². The molecule has 5 aromatic rings. The molecule has 1 amide bonds. The van der Waals surface area contributed by atoms with Crippen LogP contribution in [0.5, 0.6) is 0 Å². The number of imidazole rings is 1. The summed E-state index contributed by atoms with van der Waals surface area (Å²) < 4.78 is 29.1. The van der Waals surface area contributed by atoms with Crippen LogP contribution in [0.1, 0.15) is 22.6 Å². The third-order valence-electron chi connectivity index (χ3n) is 4.92. The first kappa shape index (κ1) is 20.0. The summed E-state index contributed by atoms with van der Waals surface area (Å²) >= 11 is 1.05. The highest BCUT2D eigenvalue weighted by atomic mass is 32.1. The van der Waals surface area contributed by atoms with E-state index in [1.54, 1.807) is 19.2 Å². The topological polar surface area (TPSA) is 77.1 Å². The number of carbonyl (C=O) groups excluding carboxylic acids is 1. The van der Waals surface area contributed by atoms with E-state index in [0.29, 0.717) is 21.9 Å². The number of alkyl halides is 2. The number of hydrogen-bond acceptors (Lipinski definition) is 5. The van der Waals surface area contributed by atoms with E-state index in [1.165, 1.54) is 16.3 Å². The van der Waals surface area contributed by atoms with Crippen LogP contribution in [0, 0.1) is 0 Å². The molecule has 0 aliphatic carbocycles. The molecular weight excluding hydrogens is 434 g/mol. The molecule has 0 fully saturated rings. The molecule has 4 aromatic heterocycles. The molecule has 10 heteroatoms. The van der Waals surface area contributed by atoms with Crippen LogP contribution in [0.4, 0.5) is 14.5 Å². The van der Waals surface area contributed by atoms with Crippen molar-refractivity contribution in [1.29, 1.82) is 0 Å². The Bertz CT molecular complexity index is 1420. The van der Waals surface area contributed by atoms with Crippen molar-refractivity contribution in [3.8, 4) is 21.8 Å². The fourth-order valence-corrected chi connectivity index (χ4v) is 4.19. The fraction of sp³-hybridized carbons (Fsp3) is 0.0909. The van der Waals surface area contributed by atoms with Gasteiger partial charge < -0.3 is 9.72 Å². The largest absolute Gasteiger partial charge is 0.320 e. The van der Waals surface area contributed by atoms with Crippen molar-refractivity contribution in [2.45, 2.75) is 6.43 Å². The highest BCUT2D eigenvalue weighted by molar-refractivity contribution is 7.13. The third kappa shape index (κ3) is 3.65. The van der Waals surface area contributed by atoms with Crippen molar-refractivity contribution >= 4 is 28.6 Å². The predicted octanol–water partition coefficient (Wildman–Crippen LogP) is 5.05. The number of thiazole rings is 1. The molecule has 1 aromatic carbocycles. The number of nitrogens with zero attached hydrogens (tertiary/aromatic N) is 5. The summed E-state index contributed by atoms with van der Waals surface area (Å²) in [6.07, 6.45) is 2.51. The maximum Gasteiger partial charge on any atom is 0.281 e. The van der Waals surface area contributed by atoms with Gasteiger partial charge in [-0.1, -0.05) is 30.3 Å². The van der Waals surface area contributed by atoms with E-state index in [4.69, 9.17) is 0 Å². The summed E-state index contributed by atoms with van der Waals surface area (Å²) in [5.74, 6) is -0.423. The lowest BCUT2D eigenvalue weighted by atomic mass is 10.2. The zero-order chi connectivity index (χ0) is 22.2. The number of carbonyl (C=O) groups is 1. The van der Waals surface area contributed by atoms with Gasteiger partial charge in [-0.15, -0.1) is 11.3 Å². The van der Waals surface area contributed by atoms with Crippen LogP contribution in [-0.4, -0.2) is 30.1 Å². The summed E-state index contributed by atoms with van der Waals surface area (Å²) in [5.41, 5.74) is 3.35. The molecular formula is C22H16F2N6OS. The number of aromatic nitrogens is 5. The fourth-order valence-electron chi connectivity index (χ4n) is 3.37. The molecule has 0 radical (unpaired) electrons. The summed E-state index contributed by atoms with van der Waals surface area (Å²) in [6, 6.07) is 13.3. The van der Waals surface area contributed by atoms with Gasteiger partial charge in [-0.05, 0) is 6.07 Å². The number of benzene rings is 1. The Morgan fingerprint density at radius 1 is 1.16 bits per heavy atom. The summed E-state index contributed by atoms with van der Waals surface area (Å²) in [4.78, 5) is 21.6. The van der Waals surface area contributed by atoms with Gasteiger partial charge in [-0.25, -0.2) is 18.7 Å². The Labute approximate surface area is 185 Å². The molecule has 5 rings (SSSR count). The van der Waals surface area contributed by atoms with Crippen LogP contribution < -0.4 is 5.32 Å². The van der Waals surface area contributed by atoms with Crippen molar-refractivity contribution in [2.75, 3.05) is 5.32 Å². The second-order valence-electron chi connectivity index (χ2n) is 7.04. The van der Waals surface area contributed by atoms with Gasteiger partial charge in [0.05, 0.1) is 17.5 Å². The summed E-state index contributed by atoms with van der Waals surface area (Å²) in [6.45, 7) is 0. The van der Waals surface area contributed by atoms with Gasteiger partial charge in [-0.3, -0.25) is 9.48 Å². The molecule has 0 atom stereocenters. The molecule has 0 spiro atoms. The molecule has 160 valence electrons. The SMILES string of the molecule is Cn1ncc(-c2nc(C(F)F)cs2)c1C(=O)Nc1ccn2cc(-c3ccccc3)nc2c1. The van der Waals surface area contributed by atoms with E-state index in [0.717, 1.165) is 22.6 Å². The van der Waals surface area contributed by atoms with Crippen LogP contribution in [0.15, 0.2) is 66.4 Å². The van der Waals surface area contributed by atoms with Gasteiger partial charge in [0.15, 0.2) is 0 Å². The van der Waals surface area contributed by atoms with Crippen LogP contribution in [0.3, 0.4) is 0 Å². The van der Waals surface area contributed by atoms with Gasteiger partial charge in [0.25, 0.3) is 12.3 Å². The first-order chi connectivity index (χ1) is 15.5. The molecule has 4 heterocycles. The summed E-state index contributed by atoms with van der Waals surface area (Å²) in [7, 11) is 1.62. The standard InChI is InChI=1S/C22H16F2N6OS/c1-29-19(15(10-25-29)22-28-17(12-32-22)20(23)24)21(31)26-14-7-8-30-11-16(27-18(30)9-14)13-5-3-2-4-6-13/h2-12,20H,1H3,(H,26,31). The normalized spacial score (nSPS) is 11.4. The molecule has 0 unspecified atom stereocenters. The quantitative estimate of drug-likeness (QED) is 0.407. The van der Waals surface area contributed by atoms with E-state index >= 15 is 0 Å². The number of pyridine rings is 1. The highest BCUT2D eigenvalue weighted by Gasteiger charge is 2.22. The van der Waals surface area contributed by atoms with Gasteiger partial charge in [0, 0.05) is 42.1 Å². The lowest BCUT2D eigenvalue weighted by molar-refractivity contribution is 0.101. The number of amides is 1. The van der Waals surface area contributed by atoms with Gasteiger partial charge in [0.1, 0.15) is 22.0 Å². The smallest absolute Gasteiger partial charge is 0.281 e. The summed E-state index contributed by atoms with van der Waals surface area (Å²) in [5, 5.41) is 8.55. The number of fused-ring (bicyclic) bond motifs is 1. The average molecular weight is 450 g/mol. The van der Waals surface area contributed by atoms with Crippen LogP contribution in [0.2, 0.25) is 0 Å². The minimum absolute atomic E-state index is 0.230. The van der Waals surface area contributed by atoms with Crippen molar-refractivity contribution in [3.63, 3.8) is 0 Å². The van der Waals surface area contributed by atoms with Crippen molar-refractivity contribution < 1.29 is 13.6 Å². The van der Waals surface area contributed by atoms with Crippen molar-refractivity contribution in [1.82, 2.24) is 24.1 Å².